The number of carbonyl (C=O) groups is 1. The summed E-state index contributed by atoms with van der Waals surface area (Å²) in [6, 6.07) is 2.17. The van der Waals surface area contributed by atoms with Crippen molar-refractivity contribution < 1.29 is 14.3 Å². The maximum Gasteiger partial charge on any atom is 0.410 e. The molecule has 0 aliphatic carbocycles. The molecule has 208 valence electrons. The number of rotatable bonds is 4. The fourth-order valence-electron chi connectivity index (χ4n) is 5.55. The number of halogens is 2. The number of hydrogen-bond donors (Lipinski definition) is 0. The molecule has 0 bridgehead atoms. The average molecular weight is 701 g/mol. The van der Waals surface area contributed by atoms with Gasteiger partial charge < -0.3 is 29.1 Å². The van der Waals surface area contributed by atoms with Crippen LogP contribution >= 0.6 is 38.5 Å². The van der Waals surface area contributed by atoms with Crippen molar-refractivity contribution in [1.82, 2.24) is 19.8 Å². The van der Waals surface area contributed by atoms with Crippen LogP contribution in [-0.4, -0.2) is 97.5 Å². The third-order valence-corrected chi connectivity index (χ3v) is 10.1. The first-order chi connectivity index (χ1) is 18.0. The summed E-state index contributed by atoms with van der Waals surface area (Å²) in [5, 5.41) is 1.03. The Morgan fingerprint density at radius 3 is 2.34 bits per heavy atom. The highest BCUT2D eigenvalue weighted by Gasteiger charge is 2.48. The molecule has 4 heterocycles. The zero-order valence-corrected chi connectivity index (χ0v) is 26.8. The van der Waals surface area contributed by atoms with E-state index in [0.717, 1.165) is 102 Å². The minimum absolute atomic E-state index is 0.171. The van der Waals surface area contributed by atoms with Gasteiger partial charge in [0, 0.05) is 66.7 Å². The second-order valence-electron chi connectivity index (χ2n) is 11.8. The lowest BCUT2D eigenvalue weighted by atomic mass is 9.72. The van der Waals surface area contributed by atoms with Crippen molar-refractivity contribution in [3.05, 3.63) is 14.1 Å². The van der Waals surface area contributed by atoms with Gasteiger partial charge in [-0.05, 0) is 92.2 Å². The standard InChI is InChI=1S/C27H38BrIN6O3/c1-6-37-22-20(28)19(29)15-18-21(22)30-24(34-13-11-32(5)12-14-34)31-23(18)33-9-7-27(8-10-33)16-35(17-27)25(36)38-26(2,3)4/h15H,6-14,16-17H2,1-5H3. The van der Waals surface area contributed by atoms with E-state index in [0.29, 0.717) is 6.61 Å². The second kappa shape index (κ2) is 10.8. The molecule has 0 unspecified atom stereocenters. The van der Waals surface area contributed by atoms with E-state index in [9.17, 15) is 4.79 Å². The minimum atomic E-state index is -0.467. The number of carbonyl (C=O) groups excluding carboxylic acids is 1. The van der Waals surface area contributed by atoms with Crippen LogP contribution in [0, 0.1) is 8.99 Å². The summed E-state index contributed by atoms with van der Waals surface area (Å²) < 4.78 is 13.7. The smallest absolute Gasteiger partial charge is 0.410 e. The maximum absolute atomic E-state index is 12.5. The lowest BCUT2D eigenvalue weighted by Gasteiger charge is -2.53. The number of fused-ring (bicyclic) bond motifs is 1. The number of nitrogens with zero attached hydrogens (tertiary/aromatic N) is 6. The van der Waals surface area contributed by atoms with Crippen LogP contribution in [0.5, 0.6) is 5.75 Å². The average Bonchev–Trinajstić information content (AvgIpc) is 2.84. The fraction of sp³-hybridized carbons (Fsp3) is 0.667. The Kier molecular flexibility index (Phi) is 7.91. The van der Waals surface area contributed by atoms with E-state index in [4.69, 9.17) is 19.4 Å². The van der Waals surface area contributed by atoms with Crippen molar-refractivity contribution in [2.24, 2.45) is 5.41 Å². The zero-order valence-electron chi connectivity index (χ0n) is 23.0. The normalized spacial score (nSPS) is 20.1. The van der Waals surface area contributed by atoms with Crippen LogP contribution in [0.2, 0.25) is 0 Å². The summed E-state index contributed by atoms with van der Waals surface area (Å²) >= 11 is 6.10. The third kappa shape index (κ3) is 5.65. The van der Waals surface area contributed by atoms with Crippen LogP contribution in [0.25, 0.3) is 10.9 Å². The third-order valence-electron chi connectivity index (χ3n) is 7.71. The monoisotopic (exact) mass is 700 g/mol. The second-order valence-corrected chi connectivity index (χ2v) is 13.7. The van der Waals surface area contributed by atoms with Crippen LogP contribution < -0.4 is 14.5 Å². The summed E-state index contributed by atoms with van der Waals surface area (Å²) in [5.74, 6) is 2.54. The highest BCUT2D eigenvalue weighted by molar-refractivity contribution is 14.1. The van der Waals surface area contributed by atoms with Gasteiger partial charge in [-0.25, -0.2) is 9.78 Å². The van der Waals surface area contributed by atoms with E-state index in [-0.39, 0.29) is 11.5 Å². The van der Waals surface area contributed by atoms with Gasteiger partial charge in [-0.15, -0.1) is 0 Å². The first kappa shape index (κ1) is 27.9. The van der Waals surface area contributed by atoms with E-state index in [1.54, 1.807) is 0 Å². The van der Waals surface area contributed by atoms with Crippen molar-refractivity contribution in [3.63, 3.8) is 0 Å². The first-order valence-electron chi connectivity index (χ1n) is 13.5. The Balaban J connectivity index is 1.41. The van der Waals surface area contributed by atoms with Crippen molar-refractivity contribution >= 4 is 67.3 Å². The molecule has 0 saturated carbocycles. The molecular formula is C27H38BrIN6O3. The number of amides is 1. The number of hydrogen-bond acceptors (Lipinski definition) is 8. The molecule has 9 nitrogen and oxygen atoms in total. The Bertz CT molecular complexity index is 1200. The molecular weight excluding hydrogens is 663 g/mol. The number of piperidine rings is 1. The minimum Gasteiger partial charge on any atom is -0.490 e. The van der Waals surface area contributed by atoms with Gasteiger partial charge in [0.1, 0.15) is 16.9 Å². The van der Waals surface area contributed by atoms with Crippen LogP contribution in [0.1, 0.15) is 40.5 Å². The van der Waals surface area contributed by atoms with Gasteiger partial charge in [0.15, 0.2) is 5.75 Å². The van der Waals surface area contributed by atoms with Crippen molar-refractivity contribution in [2.75, 3.05) is 75.8 Å². The number of likely N-dealkylation sites (tertiary alicyclic amines) is 1. The molecule has 38 heavy (non-hydrogen) atoms. The predicted octanol–water partition coefficient (Wildman–Crippen LogP) is 4.98. The van der Waals surface area contributed by atoms with E-state index < -0.39 is 5.60 Å². The maximum atomic E-state index is 12.5. The molecule has 3 saturated heterocycles. The molecule has 3 aliphatic heterocycles. The molecule has 0 radical (unpaired) electrons. The van der Waals surface area contributed by atoms with Crippen molar-refractivity contribution in [2.45, 2.75) is 46.1 Å². The molecule has 3 aliphatic rings. The number of likely N-dealkylation sites (N-methyl/N-ethyl adjacent to an activating group) is 1. The van der Waals surface area contributed by atoms with E-state index in [1.807, 2.05) is 32.6 Å². The predicted molar refractivity (Wildman–Crippen MR) is 163 cm³/mol. The van der Waals surface area contributed by atoms with Gasteiger partial charge in [0.25, 0.3) is 0 Å². The highest BCUT2D eigenvalue weighted by Crippen LogP contribution is 2.45. The van der Waals surface area contributed by atoms with Gasteiger partial charge in [0.05, 0.1) is 11.1 Å². The summed E-state index contributed by atoms with van der Waals surface area (Å²) in [6.07, 6.45) is 1.84. The molecule has 0 atom stereocenters. The van der Waals surface area contributed by atoms with Crippen molar-refractivity contribution in [1.29, 1.82) is 0 Å². The number of ether oxygens (including phenoxy) is 2. The molecule has 3 fully saturated rings. The Morgan fingerprint density at radius 2 is 1.74 bits per heavy atom. The largest absolute Gasteiger partial charge is 0.490 e. The molecule has 1 aromatic heterocycles. The lowest BCUT2D eigenvalue weighted by Crippen LogP contribution is -2.62. The fourth-order valence-corrected chi connectivity index (χ4v) is 6.52. The molecule has 1 amide bonds. The number of piperazine rings is 1. The van der Waals surface area contributed by atoms with E-state index in [1.165, 1.54) is 0 Å². The molecule has 5 rings (SSSR count). The molecule has 0 N–H and O–H groups in total. The van der Waals surface area contributed by atoms with Gasteiger partial charge in [0.2, 0.25) is 5.95 Å². The number of anilines is 2. The summed E-state index contributed by atoms with van der Waals surface area (Å²) in [4.78, 5) is 31.6. The van der Waals surface area contributed by atoms with Gasteiger partial charge >= 0.3 is 6.09 Å². The van der Waals surface area contributed by atoms with Crippen LogP contribution in [0.15, 0.2) is 10.5 Å². The van der Waals surface area contributed by atoms with Crippen LogP contribution in [0.4, 0.5) is 16.6 Å². The van der Waals surface area contributed by atoms with Gasteiger partial charge in [-0.3, -0.25) is 0 Å². The van der Waals surface area contributed by atoms with Crippen molar-refractivity contribution in [3.8, 4) is 5.75 Å². The molecule has 11 heteroatoms. The number of aromatic nitrogens is 2. The first-order valence-corrected chi connectivity index (χ1v) is 15.3. The molecule has 1 spiro atoms. The van der Waals surface area contributed by atoms with Gasteiger partial charge in [-0.2, -0.15) is 4.98 Å². The Morgan fingerprint density at radius 1 is 1.08 bits per heavy atom. The zero-order chi connectivity index (χ0) is 27.2. The Hall–Kier alpha value is -1.60. The van der Waals surface area contributed by atoms with Gasteiger partial charge in [-0.1, -0.05) is 0 Å². The summed E-state index contributed by atoms with van der Waals surface area (Å²) in [5.41, 5.74) is 0.564. The SMILES string of the molecule is CCOc1c(Br)c(I)cc2c(N3CCC4(CC3)CN(C(=O)OC(C)(C)C)C4)nc(N3CCN(C)CC3)nc12. The van der Waals surface area contributed by atoms with E-state index in [2.05, 4.69) is 66.3 Å². The quantitative estimate of drug-likeness (QED) is 0.414. The van der Waals surface area contributed by atoms with E-state index >= 15 is 0 Å². The number of benzene rings is 1. The Labute approximate surface area is 247 Å². The molecule has 1 aromatic carbocycles. The lowest BCUT2D eigenvalue weighted by molar-refractivity contribution is -0.0434. The topological polar surface area (TPSA) is 74.3 Å². The van der Waals surface area contributed by atoms with Crippen LogP contribution in [-0.2, 0) is 4.74 Å². The van der Waals surface area contributed by atoms with Crippen LogP contribution in [0.3, 0.4) is 0 Å². The molecule has 2 aromatic rings. The summed E-state index contributed by atoms with van der Waals surface area (Å²) in [7, 11) is 2.16. The summed E-state index contributed by atoms with van der Waals surface area (Å²) in [6.45, 7) is 15.4. The highest BCUT2D eigenvalue weighted by atomic mass is 127.